The highest BCUT2D eigenvalue weighted by atomic mass is 35.5. The smallest absolute Gasteiger partial charge is 0.221 e. The van der Waals surface area contributed by atoms with Crippen LogP contribution in [0.1, 0.15) is 18.2 Å². The predicted octanol–water partition coefficient (Wildman–Crippen LogP) is 3.36. The van der Waals surface area contributed by atoms with E-state index in [1.54, 1.807) is 12.1 Å². The van der Waals surface area contributed by atoms with Crippen LogP contribution >= 0.6 is 11.6 Å². The second-order valence-corrected chi connectivity index (χ2v) is 4.54. The maximum Gasteiger partial charge on any atom is 0.221 e. The third kappa shape index (κ3) is 4.24. The molecule has 0 aliphatic heterocycles. The molecule has 1 aromatic carbocycles. The number of rotatable bonds is 5. The lowest BCUT2D eigenvalue weighted by Crippen LogP contribution is -2.07. The zero-order valence-corrected chi connectivity index (χ0v) is 11.9. The molecule has 0 aliphatic rings. The summed E-state index contributed by atoms with van der Waals surface area (Å²) < 4.78 is 5.64. The van der Waals surface area contributed by atoms with Crippen molar-refractivity contribution in [3.8, 4) is 5.88 Å². The van der Waals surface area contributed by atoms with Crippen molar-refractivity contribution in [2.75, 3.05) is 5.32 Å². The van der Waals surface area contributed by atoms with Crippen LogP contribution in [0.3, 0.4) is 0 Å². The van der Waals surface area contributed by atoms with Crippen LogP contribution in [0.4, 0.5) is 5.69 Å². The van der Waals surface area contributed by atoms with Crippen LogP contribution in [0.15, 0.2) is 42.5 Å². The van der Waals surface area contributed by atoms with Crippen LogP contribution in [-0.2, 0) is 17.3 Å². The molecule has 2 aromatic rings. The zero-order chi connectivity index (χ0) is 14.4. The Labute approximate surface area is 122 Å². The Morgan fingerprint density at radius 2 is 2.05 bits per heavy atom. The predicted molar refractivity (Wildman–Crippen MR) is 78.9 cm³/mol. The molecule has 0 atom stereocenters. The minimum Gasteiger partial charge on any atom is -0.473 e. The van der Waals surface area contributed by atoms with Gasteiger partial charge in [0.1, 0.15) is 6.61 Å². The first-order chi connectivity index (χ1) is 9.67. The number of amides is 1. The SMILES string of the molecule is CC(=O)Nc1cc(CCl)nc(OCc2ccccc2)c1. The molecule has 0 bridgehead atoms. The quantitative estimate of drug-likeness (QED) is 0.859. The molecule has 0 saturated heterocycles. The number of carbonyl (C=O) groups excluding carboxylic acids is 1. The van der Waals surface area contributed by atoms with E-state index in [4.69, 9.17) is 16.3 Å². The summed E-state index contributed by atoms with van der Waals surface area (Å²) in [6, 6.07) is 13.2. The second-order valence-electron chi connectivity index (χ2n) is 4.27. The highest BCUT2D eigenvalue weighted by molar-refractivity contribution is 6.16. The number of nitrogens with zero attached hydrogens (tertiary/aromatic N) is 1. The van der Waals surface area contributed by atoms with E-state index in [9.17, 15) is 4.79 Å². The number of carbonyl (C=O) groups is 1. The second kappa shape index (κ2) is 6.91. The topological polar surface area (TPSA) is 51.2 Å². The number of pyridine rings is 1. The minimum absolute atomic E-state index is 0.147. The van der Waals surface area contributed by atoms with Crippen molar-refractivity contribution in [2.45, 2.75) is 19.4 Å². The van der Waals surface area contributed by atoms with E-state index in [0.717, 1.165) is 5.56 Å². The summed E-state index contributed by atoms with van der Waals surface area (Å²) in [5.41, 5.74) is 2.33. The van der Waals surface area contributed by atoms with Gasteiger partial charge in [0.05, 0.1) is 11.6 Å². The van der Waals surface area contributed by atoms with Gasteiger partial charge in [0.2, 0.25) is 11.8 Å². The average molecular weight is 291 g/mol. The number of anilines is 1. The summed E-state index contributed by atoms with van der Waals surface area (Å²) in [6.45, 7) is 1.87. The Balaban J connectivity index is 2.12. The molecular formula is C15H15ClN2O2. The Kier molecular flexibility index (Phi) is 4.96. The van der Waals surface area contributed by atoms with Crippen LogP contribution in [0.2, 0.25) is 0 Å². The van der Waals surface area contributed by atoms with Gasteiger partial charge in [0, 0.05) is 18.7 Å². The third-order valence-electron chi connectivity index (χ3n) is 2.54. The molecule has 0 saturated carbocycles. The lowest BCUT2D eigenvalue weighted by atomic mass is 10.2. The lowest BCUT2D eigenvalue weighted by molar-refractivity contribution is -0.114. The molecule has 0 radical (unpaired) electrons. The van der Waals surface area contributed by atoms with Crippen molar-refractivity contribution >= 4 is 23.2 Å². The fourth-order valence-corrected chi connectivity index (χ4v) is 1.85. The monoisotopic (exact) mass is 290 g/mol. The maximum atomic E-state index is 11.1. The molecule has 1 amide bonds. The van der Waals surface area contributed by atoms with E-state index < -0.39 is 0 Å². The van der Waals surface area contributed by atoms with Gasteiger partial charge in [-0.1, -0.05) is 30.3 Å². The van der Waals surface area contributed by atoms with Crippen molar-refractivity contribution in [1.29, 1.82) is 0 Å². The molecule has 104 valence electrons. The van der Waals surface area contributed by atoms with Gasteiger partial charge in [-0.15, -0.1) is 11.6 Å². The van der Waals surface area contributed by atoms with E-state index in [-0.39, 0.29) is 11.8 Å². The van der Waals surface area contributed by atoms with Crippen LogP contribution in [0.25, 0.3) is 0 Å². The molecule has 0 spiro atoms. The Morgan fingerprint density at radius 1 is 1.30 bits per heavy atom. The third-order valence-corrected chi connectivity index (χ3v) is 2.82. The number of hydrogen-bond acceptors (Lipinski definition) is 3. The summed E-state index contributed by atoms with van der Waals surface area (Å²) in [6.07, 6.45) is 0. The van der Waals surface area contributed by atoms with Crippen LogP contribution in [0.5, 0.6) is 5.88 Å². The van der Waals surface area contributed by atoms with E-state index >= 15 is 0 Å². The molecule has 2 rings (SSSR count). The zero-order valence-electron chi connectivity index (χ0n) is 11.1. The van der Waals surface area contributed by atoms with Gasteiger partial charge in [-0.3, -0.25) is 4.79 Å². The first kappa shape index (κ1) is 14.3. The molecule has 20 heavy (non-hydrogen) atoms. The fraction of sp³-hybridized carbons (Fsp3) is 0.200. The van der Waals surface area contributed by atoms with Crippen LogP contribution in [0, 0.1) is 0 Å². The maximum absolute atomic E-state index is 11.1. The van der Waals surface area contributed by atoms with Crippen molar-refractivity contribution in [1.82, 2.24) is 4.98 Å². The number of nitrogens with one attached hydrogen (secondary N) is 1. The van der Waals surface area contributed by atoms with E-state index in [2.05, 4.69) is 10.3 Å². The number of alkyl halides is 1. The van der Waals surface area contributed by atoms with Gasteiger partial charge in [0.15, 0.2) is 0 Å². The van der Waals surface area contributed by atoms with Gasteiger partial charge in [-0.05, 0) is 11.6 Å². The molecule has 0 aliphatic carbocycles. The van der Waals surface area contributed by atoms with Crippen LogP contribution in [-0.4, -0.2) is 10.9 Å². The number of benzene rings is 1. The summed E-state index contributed by atoms with van der Waals surface area (Å²) in [7, 11) is 0. The molecule has 1 aromatic heterocycles. The van der Waals surface area contributed by atoms with Crippen molar-refractivity contribution in [3.05, 3.63) is 53.7 Å². The van der Waals surface area contributed by atoms with Crippen LogP contribution < -0.4 is 10.1 Å². The summed E-state index contributed by atoms with van der Waals surface area (Å²) in [4.78, 5) is 15.4. The Morgan fingerprint density at radius 3 is 2.70 bits per heavy atom. The molecule has 0 fully saturated rings. The summed E-state index contributed by atoms with van der Waals surface area (Å²) in [5.74, 6) is 0.552. The highest BCUT2D eigenvalue weighted by Crippen LogP contribution is 2.19. The van der Waals surface area contributed by atoms with E-state index in [1.165, 1.54) is 6.92 Å². The summed E-state index contributed by atoms with van der Waals surface area (Å²) in [5, 5.41) is 2.70. The molecule has 1 heterocycles. The number of ether oxygens (including phenoxy) is 1. The highest BCUT2D eigenvalue weighted by Gasteiger charge is 2.05. The number of aromatic nitrogens is 1. The van der Waals surface area contributed by atoms with Gasteiger partial charge in [-0.25, -0.2) is 4.98 Å². The molecule has 5 heteroatoms. The average Bonchev–Trinajstić information content (AvgIpc) is 2.45. The number of halogens is 1. The molecular weight excluding hydrogens is 276 g/mol. The normalized spacial score (nSPS) is 10.1. The first-order valence-electron chi connectivity index (χ1n) is 6.18. The van der Waals surface area contributed by atoms with Crippen molar-refractivity contribution in [2.24, 2.45) is 0 Å². The van der Waals surface area contributed by atoms with Crippen molar-refractivity contribution in [3.63, 3.8) is 0 Å². The summed E-state index contributed by atoms with van der Waals surface area (Å²) >= 11 is 5.79. The number of hydrogen-bond donors (Lipinski definition) is 1. The molecule has 0 unspecified atom stereocenters. The standard InChI is InChI=1S/C15H15ClN2O2/c1-11(19)17-13-7-14(9-16)18-15(8-13)20-10-12-5-3-2-4-6-12/h2-8H,9-10H2,1H3,(H,17,18,19). The van der Waals surface area contributed by atoms with Gasteiger partial charge in [-0.2, -0.15) is 0 Å². The largest absolute Gasteiger partial charge is 0.473 e. The first-order valence-corrected chi connectivity index (χ1v) is 6.72. The lowest BCUT2D eigenvalue weighted by Gasteiger charge is -2.09. The van der Waals surface area contributed by atoms with Gasteiger partial charge in [0.25, 0.3) is 0 Å². The van der Waals surface area contributed by atoms with Crippen molar-refractivity contribution < 1.29 is 9.53 Å². The van der Waals surface area contributed by atoms with Gasteiger partial charge < -0.3 is 10.1 Å². The van der Waals surface area contributed by atoms with Gasteiger partial charge >= 0.3 is 0 Å². The van der Waals surface area contributed by atoms with E-state index in [0.29, 0.717) is 23.9 Å². The minimum atomic E-state index is -0.147. The molecule has 1 N–H and O–H groups in total. The van der Waals surface area contributed by atoms with E-state index in [1.807, 2.05) is 30.3 Å². The Hall–Kier alpha value is -2.07. The Bertz CT molecular complexity index is 588. The fourth-order valence-electron chi connectivity index (χ4n) is 1.71. The molecule has 4 nitrogen and oxygen atoms in total.